The van der Waals surface area contributed by atoms with E-state index in [1.807, 2.05) is 30.3 Å². The fraction of sp³-hybridized carbons (Fsp3) is 0.231. The summed E-state index contributed by atoms with van der Waals surface area (Å²) in [4.78, 5) is 0. The number of rotatable bonds is 4. The molecule has 1 atom stereocenters. The van der Waals surface area contributed by atoms with Gasteiger partial charge in [-0.1, -0.05) is 30.3 Å². The molecule has 2 rings (SSSR count). The lowest BCUT2D eigenvalue weighted by molar-refractivity contribution is 0.462. The Bertz CT molecular complexity index is 380. The fourth-order valence-corrected chi connectivity index (χ4v) is 1.72. The number of benzene rings is 1. The third-order valence-corrected chi connectivity index (χ3v) is 2.55. The van der Waals surface area contributed by atoms with Gasteiger partial charge in [0, 0.05) is 12.5 Å². The quantitative estimate of drug-likeness (QED) is 0.825. The Hall–Kier alpha value is -1.54. The SMILES string of the molecule is NCC(Cc1ccccc1)c1ccco1. The summed E-state index contributed by atoms with van der Waals surface area (Å²) in [5.41, 5.74) is 7.05. The highest BCUT2D eigenvalue weighted by molar-refractivity contribution is 5.19. The molecular weight excluding hydrogens is 186 g/mol. The second-order valence-electron chi connectivity index (χ2n) is 3.64. The van der Waals surface area contributed by atoms with Gasteiger partial charge in [-0.05, 0) is 24.1 Å². The lowest BCUT2D eigenvalue weighted by atomic mass is 9.97. The molecule has 0 fully saturated rings. The average Bonchev–Trinajstić information content (AvgIpc) is 2.81. The van der Waals surface area contributed by atoms with E-state index >= 15 is 0 Å². The van der Waals surface area contributed by atoms with Crippen LogP contribution in [0.2, 0.25) is 0 Å². The predicted molar refractivity (Wildman–Crippen MR) is 60.6 cm³/mol. The number of furan rings is 1. The molecule has 0 saturated carbocycles. The summed E-state index contributed by atoms with van der Waals surface area (Å²) < 4.78 is 5.38. The van der Waals surface area contributed by atoms with Gasteiger partial charge in [0.25, 0.3) is 0 Å². The highest BCUT2D eigenvalue weighted by Gasteiger charge is 2.12. The molecule has 0 aliphatic carbocycles. The smallest absolute Gasteiger partial charge is 0.108 e. The van der Waals surface area contributed by atoms with Gasteiger partial charge in [-0.2, -0.15) is 0 Å². The van der Waals surface area contributed by atoms with Crippen LogP contribution in [0.15, 0.2) is 53.1 Å². The number of nitrogens with two attached hydrogens (primary N) is 1. The van der Waals surface area contributed by atoms with Crippen LogP contribution >= 0.6 is 0 Å². The fourth-order valence-electron chi connectivity index (χ4n) is 1.72. The molecule has 2 nitrogen and oxygen atoms in total. The zero-order chi connectivity index (χ0) is 10.5. The normalized spacial score (nSPS) is 12.6. The van der Waals surface area contributed by atoms with Crippen LogP contribution < -0.4 is 5.73 Å². The Kier molecular flexibility index (Phi) is 3.20. The van der Waals surface area contributed by atoms with Crippen molar-refractivity contribution in [3.05, 3.63) is 60.1 Å². The summed E-state index contributed by atoms with van der Waals surface area (Å²) in [5, 5.41) is 0. The Morgan fingerprint density at radius 1 is 1.07 bits per heavy atom. The van der Waals surface area contributed by atoms with Crippen LogP contribution in [0.5, 0.6) is 0 Å². The van der Waals surface area contributed by atoms with Gasteiger partial charge in [0.05, 0.1) is 6.26 Å². The molecule has 2 N–H and O–H groups in total. The van der Waals surface area contributed by atoms with Gasteiger partial charge in [-0.15, -0.1) is 0 Å². The zero-order valence-electron chi connectivity index (χ0n) is 8.60. The Balaban J connectivity index is 2.10. The van der Waals surface area contributed by atoms with Crippen LogP contribution in [0.1, 0.15) is 17.2 Å². The van der Waals surface area contributed by atoms with Gasteiger partial charge in [0.2, 0.25) is 0 Å². The van der Waals surface area contributed by atoms with Gasteiger partial charge in [0.1, 0.15) is 5.76 Å². The van der Waals surface area contributed by atoms with E-state index in [-0.39, 0.29) is 5.92 Å². The molecule has 0 bridgehead atoms. The third kappa shape index (κ3) is 2.48. The van der Waals surface area contributed by atoms with Gasteiger partial charge < -0.3 is 10.2 Å². The van der Waals surface area contributed by atoms with Crippen molar-refractivity contribution in [3.8, 4) is 0 Å². The van der Waals surface area contributed by atoms with E-state index in [1.54, 1.807) is 6.26 Å². The second-order valence-corrected chi connectivity index (χ2v) is 3.64. The van der Waals surface area contributed by atoms with E-state index < -0.39 is 0 Å². The molecule has 0 aliphatic rings. The van der Waals surface area contributed by atoms with Gasteiger partial charge >= 0.3 is 0 Å². The molecule has 0 spiro atoms. The van der Waals surface area contributed by atoms with E-state index in [9.17, 15) is 0 Å². The van der Waals surface area contributed by atoms with Gasteiger partial charge in [-0.3, -0.25) is 0 Å². The van der Waals surface area contributed by atoms with Crippen molar-refractivity contribution >= 4 is 0 Å². The Morgan fingerprint density at radius 3 is 2.47 bits per heavy atom. The van der Waals surface area contributed by atoms with E-state index in [0.29, 0.717) is 6.54 Å². The molecule has 0 saturated heterocycles. The lowest BCUT2D eigenvalue weighted by Gasteiger charge is -2.11. The minimum Gasteiger partial charge on any atom is -0.469 e. The molecule has 78 valence electrons. The first kappa shape index (κ1) is 9.99. The van der Waals surface area contributed by atoms with Crippen LogP contribution in [0.25, 0.3) is 0 Å². The van der Waals surface area contributed by atoms with Crippen molar-refractivity contribution in [2.45, 2.75) is 12.3 Å². The molecular formula is C13H15NO. The Labute approximate surface area is 89.7 Å². The highest BCUT2D eigenvalue weighted by Crippen LogP contribution is 2.19. The number of hydrogen-bond acceptors (Lipinski definition) is 2. The summed E-state index contributed by atoms with van der Waals surface area (Å²) in [5.74, 6) is 1.25. The molecule has 0 aliphatic heterocycles. The van der Waals surface area contributed by atoms with Gasteiger partial charge in [0.15, 0.2) is 0 Å². The summed E-state index contributed by atoms with van der Waals surface area (Å²) in [7, 11) is 0. The minimum absolute atomic E-state index is 0.280. The van der Waals surface area contributed by atoms with E-state index in [0.717, 1.165) is 12.2 Å². The largest absolute Gasteiger partial charge is 0.469 e. The monoisotopic (exact) mass is 201 g/mol. The van der Waals surface area contributed by atoms with E-state index in [1.165, 1.54) is 5.56 Å². The molecule has 0 amide bonds. The summed E-state index contributed by atoms with van der Waals surface area (Å²) in [6, 6.07) is 14.2. The average molecular weight is 201 g/mol. The van der Waals surface area contributed by atoms with Crippen LogP contribution in [0, 0.1) is 0 Å². The van der Waals surface area contributed by atoms with Crippen molar-refractivity contribution in [3.63, 3.8) is 0 Å². The molecule has 1 heterocycles. The summed E-state index contributed by atoms with van der Waals surface area (Å²) >= 11 is 0. The van der Waals surface area contributed by atoms with E-state index in [2.05, 4.69) is 12.1 Å². The molecule has 2 aromatic rings. The highest BCUT2D eigenvalue weighted by atomic mass is 16.3. The summed E-state index contributed by atoms with van der Waals surface area (Å²) in [6.07, 6.45) is 2.63. The lowest BCUT2D eigenvalue weighted by Crippen LogP contribution is -2.14. The first-order chi connectivity index (χ1) is 7.40. The molecule has 2 heteroatoms. The predicted octanol–water partition coefficient (Wildman–Crippen LogP) is 2.56. The minimum atomic E-state index is 0.280. The maximum atomic E-state index is 5.75. The Morgan fingerprint density at radius 2 is 1.87 bits per heavy atom. The second kappa shape index (κ2) is 4.80. The van der Waals surface area contributed by atoms with Crippen molar-refractivity contribution in [2.75, 3.05) is 6.54 Å². The first-order valence-corrected chi connectivity index (χ1v) is 5.17. The maximum Gasteiger partial charge on any atom is 0.108 e. The molecule has 1 aromatic carbocycles. The van der Waals surface area contributed by atoms with Crippen LogP contribution in [0.4, 0.5) is 0 Å². The molecule has 1 aromatic heterocycles. The van der Waals surface area contributed by atoms with E-state index in [4.69, 9.17) is 10.2 Å². The third-order valence-electron chi connectivity index (χ3n) is 2.55. The van der Waals surface area contributed by atoms with Crippen LogP contribution in [0.3, 0.4) is 0 Å². The van der Waals surface area contributed by atoms with Crippen LogP contribution in [-0.2, 0) is 6.42 Å². The maximum absolute atomic E-state index is 5.75. The van der Waals surface area contributed by atoms with Crippen LogP contribution in [-0.4, -0.2) is 6.54 Å². The van der Waals surface area contributed by atoms with Crippen molar-refractivity contribution in [2.24, 2.45) is 5.73 Å². The topological polar surface area (TPSA) is 39.2 Å². The summed E-state index contributed by atoms with van der Waals surface area (Å²) in [6.45, 7) is 0.613. The molecule has 0 radical (unpaired) electrons. The van der Waals surface area contributed by atoms with Crippen molar-refractivity contribution < 1.29 is 4.42 Å². The first-order valence-electron chi connectivity index (χ1n) is 5.17. The molecule has 15 heavy (non-hydrogen) atoms. The van der Waals surface area contributed by atoms with Crippen molar-refractivity contribution in [1.82, 2.24) is 0 Å². The molecule has 1 unspecified atom stereocenters. The number of hydrogen-bond donors (Lipinski definition) is 1. The standard InChI is InChI=1S/C13H15NO/c14-10-12(13-7-4-8-15-13)9-11-5-2-1-3-6-11/h1-8,12H,9-10,14H2. The van der Waals surface area contributed by atoms with Crippen molar-refractivity contribution in [1.29, 1.82) is 0 Å². The zero-order valence-corrected chi connectivity index (χ0v) is 8.60. The van der Waals surface area contributed by atoms with Gasteiger partial charge in [-0.25, -0.2) is 0 Å².